The Balaban J connectivity index is 1.94. The van der Waals surface area contributed by atoms with Gasteiger partial charge in [0.1, 0.15) is 0 Å². The van der Waals surface area contributed by atoms with Gasteiger partial charge in [-0.1, -0.05) is 18.0 Å². The van der Waals surface area contributed by atoms with E-state index in [9.17, 15) is 0 Å². The predicted molar refractivity (Wildman–Crippen MR) is 71.4 cm³/mol. The molecule has 0 aliphatic carbocycles. The van der Waals surface area contributed by atoms with Crippen LogP contribution in [0, 0.1) is 0 Å². The molecule has 1 saturated heterocycles. The van der Waals surface area contributed by atoms with Gasteiger partial charge in [0.2, 0.25) is 0 Å². The molecule has 1 aromatic rings. The van der Waals surface area contributed by atoms with Crippen molar-refractivity contribution in [1.29, 1.82) is 0 Å². The van der Waals surface area contributed by atoms with Crippen LogP contribution in [0.25, 0.3) is 0 Å². The highest BCUT2D eigenvalue weighted by Crippen LogP contribution is 2.28. The van der Waals surface area contributed by atoms with E-state index in [1.807, 2.05) is 6.07 Å². The summed E-state index contributed by atoms with van der Waals surface area (Å²) >= 11 is 7.64. The molecule has 2 N–H and O–H groups in total. The van der Waals surface area contributed by atoms with Crippen LogP contribution in [0.4, 0.5) is 0 Å². The Hall–Kier alpha value is -0.0900. The number of hydrogen-bond donors (Lipinski definition) is 1. The van der Waals surface area contributed by atoms with Crippen LogP contribution in [-0.4, -0.2) is 31.1 Å². The summed E-state index contributed by atoms with van der Waals surface area (Å²) in [4.78, 5) is 3.87. The molecule has 1 unspecified atom stereocenters. The summed E-state index contributed by atoms with van der Waals surface area (Å²) < 4.78 is 0.868. The van der Waals surface area contributed by atoms with E-state index < -0.39 is 0 Å². The molecular weight excluding hydrogens is 240 g/mol. The van der Waals surface area contributed by atoms with Gasteiger partial charge in [-0.15, -0.1) is 11.3 Å². The normalized spacial score (nSPS) is 19.9. The van der Waals surface area contributed by atoms with E-state index in [2.05, 4.69) is 11.0 Å². The van der Waals surface area contributed by atoms with Crippen LogP contribution in [0.3, 0.4) is 0 Å². The van der Waals surface area contributed by atoms with E-state index in [0.29, 0.717) is 12.5 Å². The first-order valence-corrected chi connectivity index (χ1v) is 7.16. The lowest BCUT2D eigenvalue weighted by atomic mass is 10.0. The summed E-state index contributed by atoms with van der Waals surface area (Å²) in [5, 5.41) is 0. The molecule has 0 radical (unpaired) electrons. The highest BCUT2D eigenvalue weighted by atomic mass is 35.5. The van der Waals surface area contributed by atoms with Gasteiger partial charge >= 0.3 is 0 Å². The zero-order chi connectivity index (χ0) is 11.4. The number of piperidine rings is 1. The number of rotatable bonds is 4. The van der Waals surface area contributed by atoms with Crippen molar-refractivity contribution in [3.05, 3.63) is 21.3 Å². The SMILES string of the molecule is NCC(CN1CCCCC1)c1ccc(Cl)s1. The lowest BCUT2D eigenvalue weighted by molar-refractivity contribution is 0.217. The van der Waals surface area contributed by atoms with Gasteiger partial charge in [0.15, 0.2) is 0 Å². The first kappa shape index (κ1) is 12.4. The van der Waals surface area contributed by atoms with Gasteiger partial charge in [-0.25, -0.2) is 0 Å². The largest absolute Gasteiger partial charge is 0.330 e. The highest BCUT2D eigenvalue weighted by Gasteiger charge is 2.18. The summed E-state index contributed by atoms with van der Waals surface area (Å²) in [5.41, 5.74) is 5.87. The van der Waals surface area contributed by atoms with Crippen LogP contribution in [0.5, 0.6) is 0 Å². The minimum absolute atomic E-state index is 0.454. The summed E-state index contributed by atoms with van der Waals surface area (Å²) in [6.07, 6.45) is 4.06. The van der Waals surface area contributed by atoms with Gasteiger partial charge in [0.25, 0.3) is 0 Å². The summed E-state index contributed by atoms with van der Waals surface area (Å²) in [7, 11) is 0. The molecule has 1 aliphatic heterocycles. The molecule has 0 saturated carbocycles. The summed E-state index contributed by atoms with van der Waals surface area (Å²) in [6.45, 7) is 4.27. The third kappa shape index (κ3) is 3.20. The third-order valence-corrected chi connectivity index (χ3v) is 4.60. The number of thiophene rings is 1. The van der Waals surface area contributed by atoms with Gasteiger partial charge in [0.05, 0.1) is 4.34 Å². The Bertz CT molecular complexity index is 321. The van der Waals surface area contributed by atoms with Gasteiger partial charge in [0, 0.05) is 23.9 Å². The van der Waals surface area contributed by atoms with Crippen molar-refractivity contribution in [1.82, 2.24) is 4.90 Å². The first-order valence-electron chi connectivity index (χ1n) is 5.97. The summed E-state index contributed by atoms with van der Waals surface area (Å²) in [5.74, 6) is 0.454. The maximum Gasteiger partial charge on any atom is 0.0931 e. The molecule has 90 valence electrons. The minimum atomic E-state index is 0.454. The smallest absolute Gasteiger partial charge is 0.0931 e. The molecular formula is C12H19ClN2S. The van der Waals surface area contributed by atoms with Gasteiger partial charge in [-0.2, -0.15) is 0 Å². The van der Waals surface area contributed by atoms with E-state index >= 15 is 0 Å². The monoisotopic (exact) mass is 258 g/mol. The van der Waals surface area contributed by atoms with Crippen molar-refractivity contribution >= 4 is 22.9 Å². The maximum absolute atomic E-state index is 5.97. The molecule has 0 spiro atoms. The van der Waals surface area contributed by atoms with Crippen LogP contribution < -0.4 is 5.73 Å². The predicted octanol–water partition coefficient (Wildman–Crippen LogP) is 2.93. The molecule has 1 fully saturated rings. The van der Waals surface area contributed by atoms with Crippen LogP contribution in [0.2, 0.25) is 4.34 Å². The first-order chi connectivity index (χ1) is 7.79. The number of nitrogens with two attached hydrogens (primary N) is 1. The van der Waals surface area contributed by atoms with Crippen LogP contribution in [-0.2, 0) is 0 Å². The topological polar surface area (TPSA) is 29.3 Å². The maximum atomic E-state index is 5.97. The van der Waals surface area contributed by atoms with E-state index in [4.69, 9.17) is 17.3 Å². The van der Waals surface area contributed by atoms with Crippen LogP contribution in [0.1, 0.15) is 30.1 Å². The Morgan fingerprint density at radius 2 is 2.06 bits per heavy atom. The molecule has 0 amide bonds. The van der Waals surface area contributed by atoms with Crippen molar-refractivity contribution in [3.63, 3.8) is 0 Å². The molecule has 1 aliphatic rings. The zero-order valence-electron chi connectivity index (χ0n) is 9.49. The second-order valence-corrected chi connectivity index (χ2v) is 6.18. The van der Waals surface area contributed by atoms with Crippen LogP contribution in [0.15, 0.2) is 12.1 Å². The molecule has 1 aromatic heterocycles. The quantitative estimate of drug-likeness (QED) is 0.900. The molecule has 16 heavy (non-hydrogen) atoms. The molecule has 2 heterocycles. The Labute approximate surface area is 106 Å². The standard InChI is InChI=1S/C12H19ClN2S/c13-12-5-4-11(16-12)10(8-14)9-15-6-2-1-3-7-15/h4-5,10H,1-3,6-9,14H2. The molecule has 4 heteroatoms. The Morgan fingerprint density at radius 1 is 1.31 bits per heavy atom. The van der Waals surface area contributed by atoms with E-state index in [1.165, 1.54) is 37.2 Å². The third-order valence-electron chi connectivity index (χ3n) is 3.21. The lowest BCUT2D eigenvalue weighted by Crippen LogP contribution is -2.35. The van der Waals surface area contributed by atoms with E-state index in [1.54, 1.807) is 11.3 Å². The van der Waals surface area contributed by atoms with Crippen LogP contribution >= 0.6 is 22.9 Å². The summed E-state index contributed by atoms with van der Waals surface area (Å²) in [6, 6.07) is 4.09. The number of likely N-dealkylation sites (tertiary alicyclic amines) is 1. The fourth-order valence-corrected chi connectivity index (χ4v) is 3.45. The Kier molecular flexibility index (Phi) is 4.65. The number of hydrogen-bond acceptors (Lipinski definition) is 3. The van der Waals surface area contributed by atoms with Crippen molar-refractivity contribution < 1.29 is 0 Å². The van der Waals surface area contributed by atoms with E-state index in [-0.39, 0.29) is 0 Å². The minimum Gasteiger partial charge on any atom is -0.330 e. The van der Waals surface area contributed by atoms with Gasteiger partial charge in [-0.3, -0.25) is 0 Å². The fourth-order valence-electron chi connectivity index (χ4n) is 2.28. The molecule has 0 aromatic carbocycles. The molecule has 2 nitrogen and oxygen atoms in total. The number of nitrogens with zero attached hydrogens (tertiary/aromatic N) is 1. The van der Waals surface area contributed by atoms with Crippen molar-refractivity contribution in [2.75, 3.05) is 26.2 Å². The second kappa shape index (κ2) is 6.01. The van der Waals surface area contributed by atoms with Crippen molar-refractivity contribution in [3.8, 4) is 0 Å². The fraction of sp³-hybridized carbons (Fsp3) is 0.667. The average Bonchev–Trinajstić information content (AvgIpc) is 2.74. The second-order valence-electron chi connectivity index (χ2n) is 4.44. The van der Waals surface area contributed by atoms with Crippen molar-refractivity contribution in [2.24, 2.45) is 5.73 Å². The van der Waals surface area contributed by atoms with Crippen molar-refractivity contribution in [2.45, 2.75) is 25.2 Å². The molecule has 1 atom stereocenters. The molecule has 2 rings (SSSR count). The lowest BCUT2D eigenvalue weighted by Gasteiger charge is -2.29. The van der Waals surface area contributed by atoms with E-state index in [0.717, 1.165) is 10.9 Å². The van der Waals surface area contributed by atoms with Gasteiger partial charge in [-0.05, 0) is 38.1 Å². The average molecular weight is 259 g/mol. The highest BCUT2D eigenvalue weighted by molar-refractivity contribution is 7.16. The van der Waals surface area contributed by atoms with Gasteiger partial charge < -0.3 is 10.6 Å². The number of halogens is 1. The molecule has 0 bridgehead atoms. The Morgan fingerprint density at radius 3 is 2.62 bits per heavy atom. The zero-order valence-corrected chi connectivity index (χ0v) is 11.1.